The van der Waals surface area contributed by atoms with E-state index in [1.165, 1.54) is 5.40 Å². The highest BCUT2D eigenvalue weighted by Gasteiger charge is 2.74. The lowest BCUT2D eigenvalue weighted by Crippen LogP contribution is -2.55. The molecule has 25 heavy (non-hydrogen) atoms. The molecule has 0 saturated heterocycles. The van der Waals surface area contributed by atoms with Gasteiger partial charge in [-0.25, -0.2) is 13.2 Å². The maximum absolute atomic E-state index is 13.4. The number of nitrogens with zero attached hydrogens (tertiary/aromatic N) is 1. The molecule has 1 nitrogen and oxygen atoms in total. The van der Waals surface area contributed by atoms with Gasteiger partial charge in [0, 0.05) is 25.0 Å². The van der Waals surface area contributed by atoms with E-state index in [4.69, 9.17) is 5.26 Å². The van der Waals surface area contributed by atoms with E-state index >= 15 is 0 Å². The highest BCUT2D eigenvalue weighted by Crippen LogP contribution is 2.53. The molecule has 0 bridgehead atoms. The highest BCUT2D eigenvalue weighted by molar-refractivity contribution is 8.03. The van der Waals surface area contributed by atoms with Gasteiger partial charge in [-0.1, -0.05) is 0 Å². The van der Waals surface area contributed by atoms with Crippen molar-refractivity contribution in [2.24, 2.45) is 5.92 Å². The van der Waals surface area contributed by atoms with E-state index in [0.717, 1.165) is 0 Å². The average molecular weight is 415 g/mol. The Morgan fingerprint density at radius 2 is 1.20 bits per heavy atom. The minimum Gasteiger partial charge on any atom is -0.224 e. The number of hydrogen-bond donors (Lipinski definition) is 0. The van der Waals surface area contributed by atoms with Crippen LogP contribution < -0.4 is 0 Å². The molecule has 0 saturated carbocycles. The molecule has 0 aliphatic carbocycles. The minimum absolute atomic E-state index is 0.201. The number of halogens is 12. The summed E-state index contributed by atoms with van der Waals surface area (Å²) in [5, 5.41) is 9.40. The standard InChI is InChI=1S/C11H9F12NS/c12-7(13,1-2-25-5-24)3-6(9(15,16)17)4-8(14,10(18,19)20)11(21,22)23/h6H,1-4H2. The first-order valence-corrected chi connectivity index (χ1v) is 7.14. The predicted octanol–water partition coefficient (Wildman–Crippen LogP) is 6.02. The second-order valence-electron chi connectivity index (χ2n) is 4.99. The number of alkyl halides is 12. The van der Waals surface area contributed by atoms with Crippen molar-refractivity contribution in [2.45, 2.75) is 49.4 Å². The van der Waals surface area contributed by atoms with Crippen molar-refractivity contribution in [3.05, 3.63) is 0 Å². The summed E-state index contributed by atoms with van der Waals surface area (Å²) in [6.07, 6.45) is -26.6. The first kappa shape index (κ1) is 24.0. The van der Waals surface area contributed by atoms with E-state index in [2.05, 4.69) is 0 Å². The van der Waals surface area contributed by atoms with E-state index in [0.29, 0.717) is 0 Å². The predicted molar refractivity (Wildman–Crippen MR) is 62.4 cm³/mol. The highest BCUT2D eigenvalue weighted by atomic mass is 32.2. The van der Waals surface area contributed by atoms with Crippen molar-refractivity contribution in [3.8, 4) is 5.40 Å². The van der Waals surface area contributed by atoms with Crippen molar-refractivity contribution in [1.29, 1.82) is 5.26 Å². The van der Waals surface area contributed by atoms with E-state index in [1.54, 1.807) is 0 Å². The fourth-order valence-electron chi connectivity index (χ4n) is 1.74. The number of rotatable bonds is 7. The molecule has 1 unspecified atom stereocenters. The maximum atomic E-state index is 13.4. The summed E-state index contributed by atoms with van der Waals surface area (Å²) in [5.41, 5.74) is -6.29. The third-order valence-electron chi connectivity index (χ3n) is 3.07. The van der Waals surface area contributed by atoms with Gasteiger partial charge >= 0.3 is 18.5 Å². The average Bonchev–Trinajstić information content (AvgIpc) is 2.33. The topological polar surface area (TPSA) is 23.8 Å². The Kier molecular flexibility index (Phi) is 7.40. The van der Waals surface area contributed by atoms with Crippen LogP contribution in [-0.4, -0.2) is 35.9 Å². The summed E-state index contributed by atoms with van der Waals surface area (Å²) in [6.45, 7) is 0. The summed E-state index contributed by atoms with van der Waals surface area (Å²) >= 11 is 0.201. The zero-order valence-electron chi connectivity index (χ0n) is 11.8. The quantitative estimate of drug-likeness (QED) is 0.289. The van der Waals surface area contributed by atoms with Gasteiger partial charge in [0.1, 0.15) is 5.40 Å². The van der Waals surface area contributed by atoms with Crippen LogP contribution in [0.2, 0.25) is 0 Å². The second-order valence-corrected chi connectivity index (χ2v) is 5.87. The molecule has 0 N–H and O–H groups in total. The normalized spacial score (nSPS) is 15.8. The van der Waals surface area contributed by atoms with Gasteiger partial charge in [0.05, 0.1) is 5.92 Å². The van der Waals surface area contributed by atoms with Crippen molar-refractivity contribution >= 4 is 11.8 Å². The molecule has 0 aromatic heterocycles. The summed E-state index contributed by atoms with van der Waals surface area (Å²) in [7, 11) is 0. The molecule has 0 aromatic rings. The van der Waals surface area contributed by atoms with Crippen molar-refractivity contribution in [3.63, 3.8) is 0 Å². The lowest BCUT2D eigenvalue weighted by molar-refractivity contribution is -0.353. The number of thioether (sulfide) groups is 1. The molecule has 0 aromatic carbocycles. The number of nitriles is 1. The van der Waals surface area contributed by atoms with Crippen LogP contribution in [0.5, 0.6) is 0 Å². The van der Waals surface area contributed by atoms with Gasteiger partial charge in [-0.15, -0.1) is 0 Å². The van der Waals surface area contributed by atoms with Crippen LogP contribution in [0.4, 0.5) is 52.7 Å². The molecule has 148 valence electrons. The van der Waals surface area contributed by atoms with Crippen LogP contribution in [0.25, 0.3) is 0 Å². The molecule has 0 fully saturated rings. The Bertz CT molecular complexity index is 457. The van der Waals surface area contributed by atoms with Crippen LogP contribution in [0.15, 0.2) is 0 Å². The Labute approximate surface area is 137 Å². The smallest absolute Gasteiger partial charge is 0.224 e. The largest absolute Gasteiger partial charge is 0.431 e. The van der Waals surface area contributed by atoms with E-state index in [9.17, 15) is 52.7 Å². The van der Waals surface area contributed by atoms with Crippen LogP contribution in [0.3, 0.4) is 0 Å². The van der Waals surface area contributed by atoms with Crippen LogP contribution in [-0.2, 0) is 0 Å². The molecule has 0 aliphatic rings. The zero-order chi connectivity index (χ0) is 20.3. The maximum Gasteiger partial charge on any atom is 0.431 e. The minimum atomic E-state index is -6.78. The van der Waals surface area contributed by atoms with Gasteiger partial charge in [-0.2, -0.15) is 44.8 Å². The summed E-state index contributed by atoms with van der Waals surface area (Å²) < 4.78 is 152. The monoisotopic (exact) mass is 415 g/mol. The molecule has 0 heterocycles. The molecule has 0 aliphatic heterocycles. The molecule has 0 amide bonds. The van der Waals surface area contributed by atoms with Crippen LogP contribution >= 0.6 is 11.8 Å². The number of thiocyanates is 1. The third kappa shape index (κ3) is 6.67. The van der Waals surface area contributed by atoms with Gasteiger partial charge in [-0.05, 0) is 11.8 Å². The Balaban J connectivity index is 5.60. The zero-order valence-corrected chi connectivity index (χ0v) is 12.6. The summed E-state index contributed by atoms with van der Waals surface area (Å²) in [5.74, 6) is -8.96. The molecule has 14 heteroatoms. The van der Waals surface area contributed by atoms with Gasteiger partial charge in [0.25, 0.3) is 5.67 Å². The third-order valence-corrected chi connectivity index (χ3v) is 3.61. The van der Waals surface area contributed by atoms with Crippen molar-refractivity contribution < 1.29 is 52.7 Å². The fourth-order valence-corrected chi connectivity index (χ4v) is 2.24. The summed E-state index contributed by atoms with van der Waals surface area (Å²) in [4.78, 5) is 0. The molecule has 0 radical (unpaired) electrons. The van der Waals surface area contributed by atoms with Gasteiger partial charge in [0.2, 0.25) is 5.92 Å². The first-order chi connectivity index (χ1) is 10.9. The Hall–Kier alpha value is -1.00. The Morgan fingerprint density at radius 3 is 1.52 bits per heavy atom. The van der Waals surface area contributed by atoms with Gasteiger partial charge in [0.15, 0.2) is 0 Å². The lowest BCUT2D eigenvalue weighted by atomic mass is 9.86. The van der Waals surface area contributed by atoms with E-state index in [1.807, 2.05) is 0 Å². The molecular formula is C11H9F12NS. The Morgan fingerprint density at radius 1 is 0.760 bits per heavy atom. The molecule has 1 atom stereocenters. The first-order valence-electron chi connectivity index (χ1n) is 6.15. The van der Waals surface area contributed by atoms with Crippen LogP contribution in [0.1, 0.15) is 19.3 Å². The van der Waals surface area contributed by atoms with Gasteiger partial charge < -0.3 is 0 Å². The fraction of sp³-hybridized carbons (Fsp3) is 0.909. The van der Waals surface area contributed by atoms with Crippen molar-refractivity contribution in [2.75, 3.05) is 5.75 Å². The molecule has 0 rings (SSSR count). The molecule has 0 spiro atoms. The molecular weight excluding hydrogens is 406 g/mol. The van der Waals surface area contributed by atoms with Crippen LogP contribution in [0, 0.1) is 16.6 Å². The lowest BCUT2D eigenvalue weighted by Gasteiger charge is -2.34. The second kappa shape index (κ2) is 7.71. The summed E-state index contributed by atoms with van der Waals surface area (Å²) in [6, 6.07) is 0. The van der Waals surface area contributed by atoms with Crippen molar-refractivity contribution in [1.82, 2.24) is 0 Å². The SMILES string of the molecule is N#CSCCC(F)(F)CC(CC(F)(C(F)(F)F)C(F)(F)F)C(F)(F)F. The van der Waals surface area contributed by atoms with Gasteiger partial charge in [-0.3, -0.25) is 0 Å². The van der Waals surface area contributed by atoms with E-state index in [-0.39, 0.29) is 11.8 Å². The van der Waals surface area contributed by atoms with E-state index < -0.39 is 61.1 Å². The number of hydrogen-bond acceptors (Lipinski definition) is 2.